The average Bonchev–Trinajstić information content (AvgIpc) is 2.65. The van der Waals surface area contributed by atoms with E-state index in [4.69, 9.17) is 4.74 Å². The Bertz CT molecular complexity index is 408. The van der Waals surface area contributed by atoms with Crippen LogP contribution in [0.2, 0.25) is 0 Å². The van der Waals surface area contributed by atoms with Crippen LogP contribution in [0, 0.1) is 0 Å². The minimum atomic E-state index is -0.136. The van der Waals surface area contributed by atoms with Crippen LogP contribution in [0.15, 0.2) is 30.3 Å². The first kappa shape index (κ1) is 15.0. The molecule has 0 atom stereocenters. The molecule has 0 amide bonds. The smallest absolute Gasteiger partial charge is 0.310 e. The van der Waals surface area contributed by atoms with E-state index < -0.39 is 0 Å². The highest BCUT2D eigenvalue weighted by atomic mass is 16.5. The van der Waals surface area contributed by atoms with E-state index in [1.165, 1.54) is 6.42 Å². The Labute approximate surface area is 121 Å². The van der Waals surface area contributed by atoms with Gasteiger partial charge >= 0.3 is 5.97 Å². The lowest BCUT2D eigenvalue weighted by Gasteiger charge is -2.19. The highest BCUT2D eigenvalue weighted by Crippen LogP contribution is 2.02. The predicted molar refractivity (Wildman–Crippen MR) is 79.7 cm³/mol. The van der Waals surface area contributed by atoms with Crippen LogP contribution in [0.3, 0.4) is 0 Å². The molecule has 1 aliphatic heterocycles. The van der Waals surface area contributed by atoms with Gasteiger partial charge in [0.2, 0.25) is 0 Å². The minimum absolute atomic E-state index is 0.136. The molecule has 1 aromatic rings. The number of nitrogens with zero attached hydrogens (tertiary/aromatic N) is 2. The molecule has 0 unspecified atom stereocenters. The number of benzene rings is 1. The molecule has 4 nitrogen and oxygen atoms in total. The lowest BCUT2D eigenvalue weighted by Crippen LogP contribution is -2.32. The second-order valence-corrected chi connectivity index (χ2v) is 5.38. The maximum atomic E-state index is 11.7. The quantitative estimate of drug-likeness (QED) is 0.761. The van der Waals surface area contributed by atoms with E-state index in [2.05, 4.69) is 16.8 Å². The Morgan fingerprint density at radius 2 is 1.95 bits per heavy atom. The largest absolute Gasteiger partial charge is 0.464 e. The fourth-order valence-electron chi connectivity index (χ4n) is 2.43. The van der Waals surface area contributed by atoms with Crippen molar-refractivity contribution < 1.29 is 9.53 Å². The van der Waals surface area contributed by atoms with Crippen LogP contribution in [0.25, 0.3) is 0 Å². The Morgan fingerprint density at radius 3 is 2.75 bits per heavy atom. The standard InChI is InChI=1S/C16H24N2O2/c1-17-8-5-9-18(11-10-17)12-13-20-16(19)14-15-6-3-2-4-7-15/h2-4,6-7H,5,8-14H2,1H3. The molecular formula is C16H24N2O2. The van der Waals surface area contributed by atoms with Crippen molar-refractivity contribution in [2.45, 2.75) is 12.8 Å². The zero-order chi connectivity index (χ0) is 14.2. The SMILES string of the molecule is CN1CCCN(CCOC(=O)Cc2ccccc2)CC1. The molecule has 4 heteroatoms. The number of carbonyl (C=O) groups is 1. The Kier molecular flexibility index (Phi) is 6.02. The topological polar surface area (TPSA) is 32.8 Å². The third kappa shape index (κ3) is 5.31. The maximum Gasteiger partial charge on any atom is 0.310 e. The Hall–Kier alpha value is -1.39. The molecule has 1 heterocycles. The molecular weight excluding hydrogens is 252 g/mol. The van der Waals surface area contributed by atoms with Crippen molar-refractivity contribution in [3.63, 3.8) is 0 Å². The van der Waals surface area contributed by atoms with Gasteiger partial charge in [0.05, 0.1) is 6.42 Å². The second-order valence-electron chi connectivity index (χ2n) is 5.38. The number of hydrogen-bond acceptors (Lipinski definition) is 4. The molecule has 1 aromatic carbocycles. The first-order chi connectivity index (χ1) is 9.74. The first-order valence-corrected chi connectivity index (χ1v) is 7.34. The van der Waals surface area contributed by atoms with Crippen molar-refractivity contribution in [3.8, 4) is 0 Å². The molecule has 1 aliphatic rings. The van der Waals surface area contributed by atoms with Gasteiger partial charge in [-0.2, -0.15) is 0 Å². The highest BCUT2D eigenvalue weighted by Gasteiger charge is 2.12. The van der Waals surface area contributed by atoms with E-state index in [9.17, 15) is 4.79 Å². The van der Waals surface area contributed by atoms with Crippen molar-refractivity contribution in [2.24, 2.45) is 0 Å². The third-order valence-corrected chi connectivity index (χ3v) is 3.67. The van der Waals surface area contributed by atoms with Crippen LogP contribution < -0.4 is 0 Å². The summed E-state index contributed by atoms with van der Waals surface area (Å²) in [6.45, 7) is 5.75. The van der Waals surface area contributed by atoms with Crippen molar-refractivity contribution in [2.75, 3.05) is 46.4 Å². The predicted octanol–water partition coefficient (Wildman–Crippen LogP) is 1.41. The Morgan fingerprint density at radius 1 is 1.15 bits per heavy atom. The summed E-state index contributed by atoms with van der Waals surface area (Å²) in [6.07, 6.45) is 1.55. The fraction of sp³-hybridized carbons (Fsp3) is 0.562. The number of ether oxygens (including phenoxy) is 1. The minimum Gasteiger partial charge on any atom is -0.464 e. The van der Waals surface area contributed by atoms with Gasteiger partial charge in [0.1, 0.15) is 6.61 Å². The van der Waals surface area contributed by atoms with Crippen LogP contribution in [-0.2, 0) is 16.0 Å². The molecule has 0 saturated carbocycles. The van der Waals surface area contributed by atoms with Gasteiger partial charge in [0.25, 0.3) is 0 Å². The van der Waals surface area contributed by atoms with Crippen LogP contribution in [0.5, 0.6) is 0 Å². The van der Waals surface area contributed by atoms with Gasteiger partial charge in [-0.1, -0.05) is 30.3 Å². The van der Waals surface area contributed by atoms with Gasteiger partial charge in [-0.3, -0.25) is 9.69 Å². The van der Waals surface area contributed by atoms with Crippen molar-refractivity contribution >= 4 is 5.97 Å². The number of rotatable bonds is 5. The molecule has 0 aliphatic carbocycles. The third-order valence-electron chi connectivity index (χ3n) is 3.67. The Balaban J connectivity index is 1.64. The van der Waals surface area contributed by atoms with Crippen LogP contribution >= 0.6 is 0 Å². The molecule has 1 saturated heterocycles. The summed E-state index contributed by atoms with van der Waals surface area (Å²) in [5, 5.41) is 0. The molecule has 0 spiro atoms. The summed E-state index contributed by atoms with van der Waals surface area (Å²) in [5.74, 6) is -0.136. The van der Waals surface area contributed by atoms with Gasteiger partial charge < -0.3 is 9.64 Å². The monoisotopic (exact) mass is 276 g/mol. The molecule has 0 aromatic heterocycles. The van der Waals surface area contributed by atoms with Gasteiger partial charge in [0.15, 0.2) is 0 Å². The van der Waals surface area contributed by atoms with Crippen LogP contribution in [0.4, 0.5) is 0 Å². The van der Waals surface area contributed by atoms with E-state index in [-0.39, 0.29) is 5.97 Å². The molecule has 2 rings (SSSR count). The highest BCUT2D eigenvalue weighted by molar-refractivity contribution is 5.72. The molecule has 0 radical (unpaired) electrons. The zero-order valence-corrected chi connectivity index (χ0v) is 12.3. The number of esters is 1. The fourth-order valence-corrected chi connectivity index (χ4v) is 2.43. The lowest BCUT2D eigenvalue weighted by molar-refractivity contribution is -0.143. The summed E-state index contributed by atoms with van der Waals surface area (Å²) in [5.41, 5.74) is 1.01. The van der Waals surface area contributed by atoms with Crippen LogP contribution in [0.1, 0.15) is 12.0 Å². The average molecular weight is 276 g/mol. The van der Waals surface area contributed by atoms with Gasteiger partial charge in [-0.05, 0) is 32.1 Å². The van der Waals surface area contributed by atoms with Crippen molar-refractivity contribution in [1.29, 1.82) is 0 Å². The number of hydrogen-bond donors (Lipinski definition) is 0. The van der Waals surface area contributed by atoms with E-state index in [1.54, 1.807) is 0 Å². The summed E-state index contributed by atoms with van der Waals surface area (Å²) >= 11 is 0. The van der Waals surface area contributed by atoms with Gasteiger partial charge in [0, 0.05) is 19.6 Å². The summed E-state index contributed by atoms with van der Waals surface area (Å²) in [6, 6.07) is 9.73. The lowest BCUT2D eigenvalue weighted by atomic mass is 10.2. The molecule has 20 heavy (non-hydrogen) atoms. The molecule has 110 valence electrons. The van der Waals surface area contributed by atoms with E-state index in [0.717, 1.165) is 38.3 Å². The van der Waals surface area contributed by atoms with Crippen molar-refractivity contribution in [1.82, 2.24) is 9.80 Å². The van der Waals surface area contributed by atoms with E-state index >= 15 is 0 Å². The zero-order valence-electron chi connectivity index (χ0n) is 12.3. The second kappa shape index (κ2) is 8.02. The summed E-state index contributed by atoms with van der Waals surface area (Å²) < 4.78 is 5.32. The van der Waals surface area contributed by atoms with Gasteiger partial charge in [-0.15, -0.1) is 0 Å². The number of carbonyl (C=O) groups excluding carboxylic acids is 1. The van der Waals surface area contributed by atoms with Crippen molar-refractivity contribution in [3.05, 3.63) is 35.9 Å². The van der Waals surface area contributed by atoms with Gasteiger partial charge in [-0.25, -0.2) is 0 Å². The summed E-state index contributed by atoms with van der Waals surface area (Å²) in [4.78, 5) is 16.4. The first-order valence-electron chi connectivity index (χ1n) is 7.34. The molecule has 0 N–H and O–H groups in total. The van der Waals surface area contributed by atoms with Crippen LogP contribution in [-0.4, -0.2) is 62.1 Å². The van der Waals surface area contributed by atoms with E-state index in [0.29, 0.717) is 13.0 Å². The maximum absolute atomic E-state index is 11.7. The molecule has 0 bridgehead atoms. The summed E-state index contributed by atoms with van der Waals surface area (Å²) in [7, 11) is 2.16. The normalized spacial score (nSPS) is 17.6. The van der Waals surface area contributed by atoms with E-state index in [1.807, 2.05) is 30.3 Å². The number of likely N-dealkylation sites (N-methyl/N-ethyl adjacent to an activating group) is 1. The molecule has 1 fully saturated rings.